The van der Waals surface area contributed by atoms with Crippen molar-refractivity contribution in [3.8, 4) is 5.75 Å². The minimum absolute atomic E-state index is 0.0157. The van der Waals surface area contributed by atoms with Crippen LogP contribution >= 0.6 is 0 Å². The zero-order chi connectivity index (χ0) is 14.7. The summed E-state index contributed by atoms with van der Waals surface area (Å²) in [5.41, 5.74) is -0.0984. The van der Waals surface area contributed by atoms with Gasteiger partial charge in [0.15, 0.2) is 0 Å². The molecule has 0 radical (unpaired) electrons. The van der Waals surface area contributed by atoms with Crippen molar-refractivity contribution in [3.05, 3.63) is 29.6 Å². The lowest BCUT2D eigenvalue weighted by atomic mass is 9.94. The van der Waals surface area contributed by atoms with Gasteiger partial charge in [-0.25, -0.2) is 4.39 Å². The number of nitrogens with zero attached hydrogens (tertiary/aromatic N) is 1. The van der Waals surface area contributed by atoms with Crippen LogP contribution in [0.2, 0.25) is 0 Å². The Morgan fingerprint density at radius 2 is 2.15 bits per heavy atom. The highest BCUT2D eigenvalue weighted by Crippen LogP contribution is 2.23. The summed E-state index contributed by atoms with van der Waals surface area (Å²) in [5.74, 6) is -2.44. The first kappa shape index (κ1) is 14.3. The number of hydrogen-bond acceptors (Lipinski definition) is 3. The van der Waals surface area contributed by atoms with Crippen LogP contribution < -0.4 is 0 Å². The lowest BCUT2D eigenvalue weighted by molar-refractivity contribution is -0.138. The second kappa shape index (κ2) is 5.90. The number of carbonyl (C=O) groups excluding carboxylic acids is 1. The molecule has 0 aromatic heterocycles. The van der Waals surface area contributed by atoms with Crippen molar-refractivity contribution < 1.29 is 24.2 Å². The number of aliphatic carboxylic acids is 1. The van der Waals surface area contributed by atoms with Gasteiger partial charge in [0.2, 0.25) is 0 Å². The first-order valence-corrected chi connectivity index (χ1v) is 6.47. The molecule has 2 N–H and O–H groups in total. The summed E-state index contributed by atoms with van der Waals surface area (Å²) >= 11 is 0. The Kier molecular flexibility index (Phi) is 4.22. The van der Waals surface area contributed by atoms with E-state index in [1.165, 1.54) is 17.0 Å². The molecule has 1 amide bonds. The minimum atomic E-state index is -0.889. The number of carboxylic acid groups (broad SMARTS) is 1. The summed E-state index contributed by atoms with van der Waals surface area (Å²) in [4.78, 5) is 24.4. The maximum absolute atomic E-state index is 13.7. The third kappa shape index (κ3) is 3.26. The number of carbonyl (C=O) groups is 2. The number of phenolic OH excluding ortho intramolecular Hbond substituents is 1. The maximum Gasteiger partial charge on any atom is 0.303 e. The monoisotopic (exact) mass is 281 g/mol. The van der Waals surface area contributed by atoms with Gasteiger partial charge in [-0.15, -0.1) is 0 Å². The topological polar surface area (TPSA) is 77.8 Å². The standard InChI is InChI=1S/C14H16FNO4/c15-12-7-10(17)3-4-11(12)14(20)16-5-1-2-9(8-16)6-13(18)19/h3-4,7,9,17H,1-2,5-6,8H2,(H,18,19). The summed E-state index contributed by atoms with van der Waals surface area (Å²) in [6.07, 6.45) is 1.49. The highest BCUT2D eigenvalue weighted by atomic mass is 19.1. The van der Waals surface area contributed by atoms with Crippen LogP contribution in [0.25, 0.3) is 0 Å². The maximum atomic E-state index is 13.7. The Hall–Kier alpha value is -2.11. The van der Waals surface area contributed by atoms with Crippen LogP contribution in [-0.2, 0) is 4.79 Å². The fraction of sp³-hybridized carbons (Fsp3) is 0.429. The van der Waals surface area contributed by atoms with Crippen LogP contribution in [0.4, 0.5) is 4.39 Å². The van der Waals surface area contributed by atoms with Gasteiger partial charge in [0, 0.05) is 25.6 Å². The van der Waals surface area contributed by atoms with Crippen LogP contribution in [0, 0.1) is 11.7 Å². The van der Waals surface area contributed by atoms with Gasteiger partial charge in [-0.05, 0) is 30.9 Å². The van der Waals surface area contributed by atoms with Crippen LogP contribution in [0.3, 0.4) is 0 Å². The number of halogens is 1. The van der Waals surface area contributed by atoms with Gasteiger partial charge in [0.25, 0.3) is 5.91 Å². The molecule has 1 unspecified atom stereocenters. The minimum Gasteiger partial charge on any atom is -0.508 e. The summed E-state index contributed by atoms with van der Waals surface area (Å²) in [7, 11) is 0. The third-order valence-corrected chi connectivity index (χ3v) is 3.45. The summed E-state index contributed by atoms with van der Waals surface area (Å²) < 4.78 is 13.7. The molecular formula is C14H16FNO4. The number of carboxylic acids is 1. The van der Waals surface area contributed by atoms with Crippen molar-refractivity contribution in [2.75, 3.05) is 13.1 Å². The molecule has 1 aliphatic heterocycles. The molecule has 1 atom stereocenters. The quantitative estimate of drug-likeness (QED) is 0.886. The summed E-state index contributed by atoms with van der Waals surface area (Å²) in [5, 5.41) is 17.9. The summed E-state index contributed by atoms with van der Waals surface area (Å²) in [6, 6.07) is 3.40. The molecule has 0 spiro atoms. The largest absolute Gasteiger partial charge is 0.508 e. The molecule has 0 saturated carbocycles. The molecule has 1 heterocycles. The number of hydrogen-bond donors (Lipinski definition) is 2. The molecule has 1 aromatic carbocycles. The molecule has 5 nitrogen and oxygen atoms in total. The van der Waals surface area contributed by atoms with E-state index in [0.29, 0.717) is 19.5 Å². The normalized spacial score (nSPS) is 18.9. The SMILES string of the molecule is O=C(O)CC1CCCN(C(=O)c2ccc(O)cc2F)C1. The van der Waals surface area contributed by atoms with Crippen molar-refractivity contribution >= 4 is 11.9 Å². The van der Waals surface area contributed by atoms with Gasteiger partial charge < -0.3 is 15.1 Å². The Bertz CT molecular complexity index is 532. The predicted molar refractivity (Wildman–Crippen MR) is 68.9 cm³/mol. The number of piperidine rings is 1. The Labute approximate surface area is 115 Å². The number of amides is 1. The molecule has 0 bridgehead atoms. The van der Waals surface area contributed by atoms with Gasteiger partial charge in [-0.3, -0.25) is 9.59 Å². The fourth-order valence-corrected chi connectivity index (χ4v) is 2.51. The smallest absolute Gasteiger partial charge is 0.303 e. The molecule has 2 rings (SSSR count). The molecular weight excluding hydrogens is 265 g/mol. The van der Waals surface area contributed by atoms with Crippen molar-refractivity contribution in [1.82, 2.24) is 4.90 Å². The van der Waals surface area contributed by atoms with Crippen molar-refractivity contribution in [1.29, 1.82) is 0 Å². The van der Waals surface area contributed by atoms with Gasteiger partial charge in [0.1, 0.15) is 11.6 Å². The van der Waals surface area contributed by atoms with Crippen LogP contribution in [-0.4, -0.2) is 40.1 Å². The van der Waals surface area contributed by atoms with E-state index in [1.807, 2.05) is 0 Å². The van der Waals surface area contributed by atoms with Crippen molar-refractivity contribution in [2.45, 2.75) is 19.3 Å². The molecule has 1 saturated heterocycles. The number of benzene rings is 1. The first-order valence-electron chi connectivity index (χ1n) is 6.47. The number of aromatic hydroxyl groups is 1. The van der Waals surface area contributed by atoms with Gasteiger partial charge in [-0.2, -0.15) is 0 Å². The molecule has 20 heavy (non-hydrogen) atoms. The van der Waals surface area contributed by atoms with Gasteiger partial charge in [-0.1, -0.05) is 0 Å². The Morgan fingerprint density at radius 3 is 2.80 bits per heavy atom. The second-order valence-electron chi connectivity index (χ2n) is 5.02. The van der Waals surface area contributed by atoms with E-state index in [2.05, 4.69) is 0 Å². The Balaban J connectivity index is 2.10. The van der Waals surface area contributed by atoms with E-state index in [9.17, 15) is 14.0 Å². The molecule has 1 aromatic rings. The lowest BCUT2D eigenvalue weighted by Gasteiger charge is -2.32. The predicted octanol–water partition coefficient (Wildman–Crippen LogP) is 1.86. The van der Waals surface area contributed by atoms with Crippen LogP contribution in [0.1, 0.15) is 29.6 Å². The molecule has 1 fully saturated rings. The average molecular weight is 281 g/mol. The molecule has 108 valence electrons. The first-order chi connectivity index (χ1) is 9.47. The fourth-order valence-electron chi connectivity index (χ4n) is 2.51. The van der Waals surface area contributed by atoms with E-state index < -0.39 is 17.7 Å². The number of rotatable bonds is 3. The van der Waals surface area contributed by atoms with Crippen molar-refractivity contribution in [2.24, 2.45) is 5.92 Å². The zero-order valence-electron chi connectivity index (χ0n) is 10.9. The van der Waals surface area contributed by atoms with E-state index in [1.54, 1.807) is 0 Å². The van der Waals surface area contributed by atoms with Gasteiger partial charge in [0.05, 0.1) is 5.56 Å². The zero-order valence-corrected chi connectivity index (χ0v) is 10.9. The van der Waals surface area contributed by atoms with E-state index in [0.717, 1.165) is 12.5 Å². The molecule has 0 aliphatic carbocycles. The van der Waals surface area contributed by atoms with E-state index in [4.69, 9.17) is 10.2 Å². The summed E-state index contributed by atoms with van der Waals surface area (Å²) in [6.45, 7) is 0.820. The number of likely N-dealkylation sites (tertiary alicyclic amines) is 1. The third-order valence-electron chi connectivity index (χ3n) is 3.45. The van der Waals surface area contributed by atoms with Gasteiger partial charge >= 0.3 is 5.97 Å². The highest BCUT2D eigenvalue weighted by molar-refractivity contribution is 5.94. The van der Waals surface area contributed by atoms with Crippen LogP contribution in [0.15, 0.2) is 18.2 Å². The molecule has 1 aliphatic rings. The second-order valence-corrected chi connectivity index (χ2v) is 5.02. The van der Waals surface area contributed by atoms with E-state index in [-0.39, 0.29) is 23.7 Å². The Morgan fingerprint density at radius 1 is 1.40 bits per heavy atom. The van der Waals surface area contributed by atoms with E-state index >= 15 is 0 Å². The average Bonchev–Trinajstić information content (AvgIpc) is 2.37. The van der Waals surface area contributed by atoms with Crippen LogP contribution in [0.5, 0.6) is 5.75 Å². The highest BCUT2D eigenvalue weighted by Gasteiger charge is 2.27. The lowest BCUT2D eigenvalue weighted by Crippen LogP contribution is -2.40. The van der Waals surface area contributed by atoms with Crippen molar-refractivity contribution in [3.63, 3.8) is 0 Å². The molecule has 6 heteroatoms. The number of phenols is 1.